The third kappa shape index (κ3) is 6.63. The standard InChI is InChI=1S/C16H21N5O2S2/c1-2-3-9-17-13(22)12(10-11-7-5-4-6-8-11)18-14(23)19-15-20-21-16(24)25-15/h4-8,12H,2-3,9-10H2,1H3,(H,17,22)(H,21,24)(H2,18,19,20,23)/t12-/m0/s1. The second kappa shape index (κ2) is 9.90. The number of urea groups is 1. The summed E-state index contributed by atoms with van der Waals surface area (Å²) in [5, 5.41) is 15.0. The Morgan fingerprint density at radius 3 is 2.72 bits per heavy atom. The van der Waals surface area contributed by atoms with E-state index < -0.39 is 12.1 Å². The molecule has 1 atom stereocenters. The van der Waals surface area contributed by atoms with Gasteiger partial charge in [-0.05, 0) is 24.2 Å². The lowest BCUT2D eigenvalue weighted by molar-refractivity contribution is -0.122. The molecule has 1 heterocycles. The molecule has 0 saturated heterocycles. The summed E-state index contributed by atoms with van der Waals surface area (Å²) in [5.41, 5.74) is 0.967. The largest absolute Gasteiger partial charge is 0.354 e. The van der Waals surface area contributed by atoms with E-state index in [1.807, 2.05) is 30.3 Å². The van der Waals surface area contributed by atoms with Gasteiger partial charge in [0.15, 0.2) is 3.95 Å². The molecule has 134 valence electrons. The monoisotopic (exact) mass is 379 g/mol. The summed E-state index contributed by atoms with van der Waals surface area (Å²) >= 11 is 6.07. The number of H-pyrrole nitrogens is 1. The predicted octanol–water partition coefficient (Wildman–Crippen LogP) is 2.85. The molecule has 2 aromatic rings. The summed E-state index contributed by atoms with van der Waals surface area (Å²) in [6.07, 6.45) is 2.29. The molecule has 0 fully saturated rings. The molecule has 4 N–H and O–H groups in total. The first kappa shape index (κ1) is 19.1. The first-order valence-electron chi connectivity index (χ1n) is 8.03. The van der Waals surface area contributed by atoms with Crippen LogP contribution in [0.4, 0.5) is 9.93 Å². The molecule has 2 rings (SSSR count). The minimum absolute atomic E-state index is 0.206. The van der Waals surface area contributed by atoms with Crippen LogP contribution in [-0.2, 0) is 11.2 Å². The Morgan fingerprint density at radius 2 is 2.08 bits per heavy atom. The molecule has 0 aliphatic heterocycles. The topological polar surface area (TPSA) is 98.9 Å². The van der Waals surface area contributed by atoms with E-state index in [-0.39, 0.29) is 5.91 Å². The Morgan fingerprint density at radius 1 is 1.32 bits per heavy atom. The maximum Gasteiger partial charge on any atom is 0.321 e. The Balaban J connectivity index is 2.00. The SMILES string of the molecule is CCCCNC(=O)[C@H](Cc1ccccc1)NC(=O)Nc1n[nH]c(=S)s1. The van der Waals surface area contributed by atoms with E-state index in [0.717, 1.165) is 29.7 Å². The van der Waals surface area contributed by atoms with Crippen molar-refractivity contribution in [3.63, 3.8) is 0 Å². The van der Waals surface area contributed by atoms with Crippen molar-refractivity contribution in [3.05, 3.63) is 39.8 Å². The van der Waals surface area contributed by atoms with Crippen LogP contribution in [0.2, 0.25) is 0 Å². The number of aromatic amines is 1. The van der Waals surface area contributed by atoms with Gasteiger partial charge in [-0.2, -0.15) is 0 Å². The van der Waals surface area contributed by atoms with Gasteiger partial charge in [0.25, 0.3) is 0 Å². The quantitative estimate of drug-likeness (QED) is 0.419. The van der Waals surface area contributed by atoms with Crippen LogP contribution in [0.5, 0.6) is 0 Å². The number of amides is 3. The number of nitrogens with one attached hydrogen (secondary N) is 4. The zero-order valence-electron chi connectivity index (χ0n) is 13.9. The lowest BCUT2D eigenvalue weighted by Crippen LogP contribution is -2.49. The van der Waals surface area contributed by atoms with E-state index in [4.69, 9.17) is 12.2 Å². The predicted molar refractivity (Wildman–Crippen MR) is 101 cm³/mol. The Kier molecular flexibility index (Phi) is 7.55. The average Bonchev–Trinajstić information content (AvgIpc) is 3.00. The highest BCUT2D eigenvalue weighted by Crippen LogP contribution is 2.10. The molecule has 0 saturated carbocycles. The van der Waals surface area contributed by atoms with Crippen LogP contribution in [0.25, 0.3) is 0 Å². The molecule has 25 heavy (non-hydrogen) atoms. The number of carbonyl (C=O) groups is 2. The first-order valence-corrected chi connectivity index (χ1v) is 9.25. The number of rotatable bonds is 8. The summed E-state index contributed by atoms with van der Waals surface area (Å²) < 4.78 is 0.466. The fraction of sp³-hybridized carbons (Fsp3) is 0.375. The van der Waals surface area contributed by atoms with Gasteiger partial charge in [-0.3, -0.25) is 15.2 Å². The minimum Gasteiger partial charge on any atom is -0.354 e. The molecule has 3 amide bonds. The first-order chi connectivity index (χ1) is 12.1. The van der Waals surface area contributed by atoms with Crippen LogP contribution in [0.15, 0.2) is 30.3 Å². The van der Waals surface area contributed by atoms with Crippen molar-refractivity contribution in [2.45, 2.75) is 32.2 Å². The molecule has 0 spiro atoms. The third-order valence-corrected chi connectivity index (χ3v) is 4.40. The normalized spacial score (nSPS) is 11.6. The van der Waals surface area contributed by atoms with Crippen LogP contribution in [0, 0.1) is 3.95 Å². The van der Waals surface area contributed by atoms with Crippen LogP contribution >= 0.6 is 23.6 Å². The molecule has 0 aliphatic carbocycles. The maximum absolute atomic E-state index is 12.4. The molecule has 0 radical (unpaired) electrons. The molecule has 0 bridgehead atoms. The fourth-order valence-electron chi connectivity index (χ4n) is 2.15. The van der Waals surface area contributed by atoms with Crippen molar-refractivity contribution < 1.29 is 9.59 Å². The van der Waals surface area contributed by atoms with Crippen molar-refractivity contribution in [1.82, 2.24) is 20.8 Å². The number of hydrogen-bond acceptors (Lipinski definition) is 5. The lowest BCUT2D eigenvalue weighted by atomic mass is 10.1. The molecule has 1 aromatic carbocycles. The summed E-state index contributed by atoms with van der Waals surface area (Å²) in [4.78, 5) is 24.6. The molecule has 0 unspecified atom stereocenters. The zero-order chi connectivity index (χ0) is 18.1. The average molecular weight is 380 g/mol. The highest BCUT2D eigenvalue weighted by Gasteiger charge is 2.21. The molecule has 7 nitrogen and oxygen atoms in total. The number of benzene rings is 1. The Hall–Kier alpha value is -2.26. The highest BCUT2D eigenvalue weighted by atomic mass is 32.1. The molecular formula is C16H21N5O2S2. The van der Waals surface area contributed by atoms with Gasteiger partial charge >= 0.3 is 6.03 Å². The maximum atomic E-state index is 12.4. The van der Waals surface area contributed by atoms with Gasteiger partial charge in [0.2, 0.25) is 11.0 Å². The third-order valence-electron chi connectivity index (χ3n) is 3.39. The van der Waals surface area contributed by atoms with E-state index in [1.54, 1.807) is 0 Å². The molecular weight excluding hydrogens is 358 g/mol. The number of nitrogens with zero attached hydrogens (tertiary/aromatic N) is 1. The number of hydrogen-bond donors (Lipinski definition) is 4. The van der Waals surface area contributed by atoms with Gasteiger partial charge in [-0.1, -0.05) is 55.0 Å². The Labute approximate surface area is 155 Å². The number of aromatic nitrogens is 2. The van der Waals surface area contributed by atoms with Crippen molar-refractivity contribution in [2.75, 3.05) is 11.9 Å². The van der Waals surface area contributed by atoms with E-state index in [1.165, 1.54) is 0 Å². The minimum atomic E-state index is -0.675. The molecule has 0 aliphatic rings. The smallest absolute Gasteiger partial charge is 0.321 e. The fourth-order valence-corrected chi connectivity index (χ4v) is 2.93. The van der Waals surface area contributed by atoms with E-state index in [0.29, 0.717) is 22.1 Å². The number of carbonyl (C=O) groups excluding carboxylic acids is 2. The number of anilines is 1. The lowest BCUT2D eigenvalue weighted by Gasteiger charge is -2.18. The molecule has 9 heteroatoms. The second-order valence-corrected chi connectivity index (χ2v) is 7.07. The van der Waals surface area contributed by atoms with Crippen molar-refractivity contribution in [1.29, 1.82) is 0 Å². The van der Waals surface area contributed by atoms with Gasteiger partial charge in [0.1, 0.15) is 6.04 Å². The summed E-state index contributed by atoms with van der Waals surface area (Å²) in [6.45, 7) is 2.64. The van der Waals surface area contributed by atoms with Crippen LogP contribution in [0.1, 0.15) is 25.3 Å². The van der Waals surface area contributed by atoms with Crippen molar-refractivity contribution in [3.8, 4) is 0 Å². The van der Waals surface area contributed by atoms with Crippen LogP contribution < -0.4 is 16.0 Å². The van der Waals surface area contributed by atoms with Gasteiger partial charge in [0.05, 0.1) is 0 Å². The van der Waals surface area contributed by atoms with Gasteiger partial charge < -0.3 is 10.6 Å². The van der Waals surface area contributed by atoms with Crippen molar-refractivity contribution in [2.24, 2.45) is 0 Å². The second-order valence-electron chi connectivity index (χ2n) is 5.40. The Bertz CT molecular complexity index is 744. The summed E-state index contributed by atoms with van der Waals surface area (Å²) in [6, 6.07) is 8.38. The molecule has 1 aromatic heterocycles. The van der Waals surface area contributed by atoms with Gasteiger partial charge in [0, 0.05) is 13.0 Å². The summed E-state index contributed by atoms with van der Waals surface area (Å²) in [5.74, 6) is -0.206. The van der Waals surface area contributed by atoms with Gasteiger partial charge in [-0.15, -0.1) is 5.10 Å². The van der Waals surface area contributed by atoms with E-state index >= 15 is 0 Å². The summed E-state index contributed by atoms with van der Waals surface area (Å²) in [7, 11) is 0. The van der Waals surface area contributed by atoms with Crippen LogP contribution in [-0.4, -0.2) is 34.7 Å². The number of unbranched alkanes of at least 4 members (excludes halogenated alkanes) is 1. The zero-order valence-corrected chi connectivity index (χ0v) is 15.5. The highest BCUT2D eigenvalue weighted by molar-refractivity contribution is 7.73. The van der Waals surface area contributed by atoms with E-state index in [2.05, 4.69) is 33.1 Å². The van der Waals surface area contributed by atoms with Gasteiger partial charge in [-0.25, -0.2) is 4.79 Å². The van der Waals surface area contributed by atoms with Crippen LogP contribution in [0.3, 0.4) is 0 Å². The van der Waals surface area contributed by atoms with Crippen molar-refractivity contribution >= 4 is 40.6 Å². The van der Waals surface area contributed by atoms with E-state index in [9.17, 15) is 9.59 Å².